The van der Waals surface area contributed by atoms with Crippen molar-refractivity contribution in [3.05, 3.63) is 82.1 Å². The summed E-state index contributed by atoms with van der Waals surface area (Å²) in [6, 6.07) is 11.2. The first-order valence-corrected chi connectivity index (χ1v) is 18.6. The van der Waals surface area contributed by atoms with Crippen molar-refractivity contribution in [3.8, 4) is 0 Å². The number of nitrogens with two attached hydrogens (primary N) is 1. The number of aryl methyl sites for hydroxylation is 1. The van der Waals surface area contributed by atoms with Crippen molar-refractivity contribution in [2.75, 3.05) is 31.1 Å². The van der Waals surface area contributed by atoms with Gasteiger partial charge in [0.05, 0.1) is 49.1 Å². The Bertz CT molecular complexity index is 1860. The number of halogens is 1. The largest absolute Gasteiger partial charge is 0.379 e. The van der Waals surface area contributed by atoms with E-state index in [2.05, 4.69) is 39.9 Å². The van der Waals surface area contributed by atoms with E-state index in [4.69, 9.17) is 17.3 Å². The molecule has 0 radical (unpaired) electrons. The lowest BCUT2D eigenvalue weighted by Gasteiger charge is -2.13. The minimum atomic E-state index is -3.96. The summed E-state index contributed by atoms with van der Waals surface area (Å²) in [6.45, 7) is 7.02. The van der Waals surface area contributed by atoms with Crippen molar-refractivity contribution >= 4 is 74.6 Å². The summed E-state index contributed by atoms with van der Waals surface area (Å²) >= 11 is 9.83. The van der Waals surface area contributed by atoms with Crippen LogP contribution in [0.1, 0.15) is 52.9 Å². The molecule has 0 aliphatic carbocycles. The van der Waals surface area contributed by atoms with E-state index in [0.717, 1.165) is 5.56 Å². The third-order valence-electron chi connectivity index (χ3n) is 7.83. The topological polar surface area (TPSA) is 199 Å². The Morgan fingerprint density at radius 1 is 0.900 bits per heavy atom. The van der Waals surface area contributed by atoms with E-state index in [1.54, 1.807) is 37.3 Å². The Morgan fingerprint density at radius 2 is 1.58 bits per heavy atom. The van der Waals surface area contributed by atoms with Gasteiger partial charge in [0.2, 0.25) is 27.7 Å². The molecule has 3 aromatic rings. The maximum absolute atomic E-state index is 13.5. The summed E-state index contributed by atoms with van der Waals surface area (Å²) < 4.78 is 29.1. The van der Waals surface area contributed by atoms with Gasteiger partial charge in [0.1, 0.15) is 0 Å². The van der Waals surface area contributed by atoms with Gasteiger partial charge in [0.15, 0.2) is 5.78 Å². The second-order valence-electron chi connectivity index (χ2n) is 11.8. The molecule has 0 aliphatic rings. The maximum atomic E-state index is 13.5. The highest BCUT2D eigenvalue weighted by molar-refractivity contribution is 7.90. The third-order valence-corrected chi connectivity index (χ3v) is 9.74. The number of fused-ring (bicyclic) bond motifs is 1. The predicted molar refractivity (Wildman–Crippen MR) is 197 cm³/mol. The molecule has 0 saturated heterocycles. The lowest BCUT2D eigenvalue weighted by molar-refractivity contribution is -0.125. The fourth-order valence-corrected chi connectivity index (χ4v) is 6.47. The molecule has 1 unspecified atom stereocenters. The first kappa shape index (κ1) is 40.3. The van der Waals surface area contributed by atoms with Crippen LogP contribution in [0.25, 0.3) is 10.9 Å². The number of carbonyl (C=O) groups excluding carboxylic acids is 5. The minimum absolute atomic E-state index is 0.0282. The van der Waals surface area contributed by atoms with Gasteiger partial charge in [-0.2, -0.15) is 12.6 Å². The maximum Gasteiger partial charge on any atom is 0.262 e. The summed E-state index contributed by atoms with van der Waals surface area (Å²) in [5, 5.41) is 8.93. The van der Waals surface area contributed by atoms with Crippen molar-refractivity contribution < 1.29 is 32.4 Å². The average Bonchev–Trinajstić information content (AvgIpc) is 3.33. The number of nitrogens with zero attached hydrogens (tertiary/aromatic N) is 1. The standard InChI is InChI=1S/C34H43ClN6O7S2/c1-21-8-13-29-27(15-21)26(23(3)41(29)34(46)24-9-11-25(35)12-10-24)16-31(43)40-50(47,48)14-6-4-5-7-28(36)30(42)18-39-32(44)19-37-22(2)17-38-33(45)20-49/h8-13,15,28,37,49H,2,4-7,14,16-20,36H2,1,3H3,(H,38,45)(H,39,44)(H,40,43). The monoisotopic (exact) mass is 746 g/mol. The molecule has 0 saturated carbocycles. The van der Waals surface area contributed by atoms with E-state index in [9.17, 15) is 32.4 Å². The molecule has 0 fully saturated rings. The average molecular weight is 747 g/mol. The van der Waals surface area contributed by atoms with E-state index in [1.807, 2.05) is 19.1 Å². The van der Waals surface area contributed by atoms with Crippen LogP contribution in [-0.2, 0) is 35.6 Å². The quantitative estimate of drug-likeness (QED) is 0.0788. The first-order chi connectivity index (χ1) is 23.6. The highest BCUT2D eigenvalue weighted by atomic mass is 35.5. The van der Waals surface area contributed by atoms with Crippen LogP contribution in [0.15, 0.2) is 54.7 Å². The number of carbonyl (C=O) groups is 5. The molecule has 0 bridgehead atoms. The van der Waals surface area contributed by atoms with Gasteiger partial charge in [-0.05, 0) is 68.7 Å². The number of sulfonamides is 1. The van der Waals surface area contributed by atoms with Crippen LogP contribution in [0.5, 0.6) is 0 Å². The van der Waals surface area contributed by atoms with Gasteiger partial charge < -0.3 is 21.7 Å². The number of benzene rings is 2. The van der Waals surface area contributed by atoms with Gasteiger partial charge >= 0.3 is 0 Å². The number of Topliss-reactive ketones (excluding diaryl/α,β-unsaturated/α-hetero) is 1. The molecule has 0 aliphatic heterocycles. The van der Waals surface area contributed by atoms with Crippen molar-refractivity contribution in [3.63, 3.8) is 0 Å². The van der Waals surface area contributed by atoms with E-state index in [1.165, 1.54) is 4.57 Å². The Balaban J connectivity index is 1.45. The predicted octanol–water partition coefficient (Wildman–Crippen LogP) is 2.31. The summed E-state index contributed by atoms with van der Waals surface area (Å²) in [4.78, 5) is 62.0. The summed E-state index contributed by atoms with van der Waals surface area (Å²) in [6.07, 6.45) is 1.18. The van der Waals surface area contributed by atoms with Crippen LogP contribution in [0, 0.1) is 13.8 Å². The zero-order chi connectivity index (χ0) is 37.0. The fraction of sp³-hybridized carbons (Fsp3) is 0.382. The molecule has 16 heteroatoms. The van der Waals surface area contributed by atoms with Crippen LogP contribution < -0.4 is 26.4 Å². The number of unbranched alkanes of at least 4 members (excludes halogenated alkanes) is 2. The number of amides is 3. The smallest absolute Gasteiger partial charge is 0.262 e. The number of thiol groups is 1. The Labute approximate surface area is 302 Å². The molecule has 3 rings (SSSR count). The van der Waals surface area contributed by atoms with Gasteiger partial charge in [0, 0.05) is 27.4 Å². The fourth-order valence-electron chi connectivity index (χ4n) is 5.13. The molecule has 3 amide bonds. The number of ketones is 1. The molecule has 13 nitrogen and oxygen atoms in total. The molecule has 50 heavy (non-hydrogen) atoms. The second-order valence-corrected chi connectivity index (χ2v) is 14.4. The number of hydrogen-bond acceptors (Lipinski definition) is 10. The highest BCUT2D eigenvalue weighted by Gasteiger charge is 2.23. The Kier molecular flexibility index (Phi) is 15.1. The highest BCUT2D eigenvalue weighted by Crippen LogP contribution is 2.29. The zero-order valence-electron chi connectivity index (χ0n) is 28.0. The Morgan fingerprint density at radius 3 is 2.26 bits per heavy atom. The van der Waals surface area contributed by atoms with E-state index in [-0.39, 0.29) is 61.6 Å². The van der Waals surface area contributed by atoms with Gasteiger partial charge in [-0.25, -0.2) is 8.42 Å². The molecule has 0 spiro atoms. The molecule has 1 heterocycles. The van der Waals surface area contributed by atoms with Crippen molar-refractivity contribution in [2.24, 2.45) is 5.73 Å². The molecule has 1 atom stereocenters. The normalized spacial score (nSPS) is 11.9. The van der Waals surface area contributed by atoms with Crippen LogP contribution in [0.4, 0.5) is 0 Å². The lowest BCUT2D eigenvalue weighted by Crippen LogP contribution is -2.42. The molecular formula is C34H43ClN6O7S2. The van der Waals surface area contributed by atoms with E-state index < -0.39 is 27.9 Å². The molecule has 6 N–H and O–H groups in total. The van der Waals surface area contributed by atoms with Crippen molar-refractivity contribution in [2.45, 2.75) is 52.0 Å². The number of rotatable bonds is 19. The van der Waals surface area contributed by atoms with Crippen LogP contribution >= 0.6 is 24.2 Å². The molecule has 270 valence electrons. The second kappa shape index (κ2) is 18.7. The third kappa shape index (κ3) is 12.0. The van der Waals surface area contributed by atoms with E-state index >= 15 is 0 Å². The molecule has 2 aromatic carbocycles. The number of nitrogens with one attached hydrogen (secondary N) is 4. The van der Waals surface area contributed by atoms with Crippen LogP contribution in [-0.4, -0.2) is 79.6 Å². The van der Waals surface area contributed by atoms with Crippen molar-refractivity contribution in [1.29, 1.82) is 0 Å². The summed E-state index contributed by atoms with van der Waals surface area (Å²) in [5.41, 5.74) is 9.37. The number of hydrogen-bond donors (Lipinski definition) is 6. The zero-order valence-corrected chi connectivity index (χ0v) is 30.5. The Hall–Kier alpha value is -4.18. The summed E-state index contributed by atoms with van der Waals surface area (Å²) in [7, 11) is -3.96. The van der Waals surface area contributed by atoms with E-state index in [0.29, 0.717) is 57.7 Å². The van der Waals surface area contributed by atoms with Crippen LogP contribution in [0.2, 0.25) is 5.02 Å². The van der Waals surface area contributed by atoms with Gasteiger partial charge in [0.25, 0.3) is 5.91 Å². The summed E-state index contributed by atoms with van der Waals surface area (Å²) in [5.74, 6) is -2.41. The van der Waals surface area contributed by atoms with Gasteiger partial charge in [-0.15, -0.1) is 0 Å². The number of aromatic nitrogens is 1. The molecular weight excluding hydrogens is 704 g/mol. The van der Waals surface area contributed by atoms with Crippen molar-refractivity contribution in [1.82, 2.24) is 25.2 Å². The SMILES string of the molecule is C=C(CNC(=O)CS)NCC(=O)NCC(=O)C(N)CCCCCS(=O)(=O)NC(=O)Cc1c(C)n(C(=O)c2ccc(Cl)cc2)c2ccc(C)cc12. The van der Waals surface area contributed by atoms with Crippen LogP contribution in [0.3, 0.4) is 0 Å². The minimum Gasteiger partial charge on any atom is -0.379 e. The molecule has 1 aromatic heterocycles. The van der Waals surface area contributed by atoms with Gasteiger partial charge in [-0.3, -0.25) is 33.3 Å². The first-order valence-electron chi connectivity index (χ1n) is 15.9. The lowest BCUT2D eigenvalue weighted by atomic mass is 10.1. The van der Waals surface area contributed by atoms with Gasteiger partial charge in [-0.1, -0.05) is 42.7 Å².